The highest BCUT2D eigenvalue weighted by Crippen LogP contribution is 2.33. The van der Waals surface area contributed by atoms with Crippen molar-refractivity contribution in [2.24, 2.45) is 0 Å². The van der Waals surface area contributed by atoms with E-state index in [0.29, 0.717) is 39.4 Å². The number of amides is 1. The van der Waals surface area contributed by atoms with Crippen molar-refractivity contribution in [2.75, 3.05) is 32.8 Å². The lowest BCUT2D eigenvalue weighted by Gasteiger charge is -2.29. The number of nitrogens with zero attached hydrogens (tertiary/aromatic N) is 2. The summed E-state index contributed by atoms with van der Waals surface area (Å²) < 4.78 is 26.6. The van der Waals surface area contributed by atoms with Crippen LogP contribution in [0.3, 0.4) is 0 Å². The summed E-state index contributed by atoms with van der Waals surface area (Å²) in [5.74, 6) is 1.01. The van der Waals surface area contributed by atoms with Crippen LogP contribution in [0.25, 0.3) is 0 Å². The molecule has 0 unspecified atom stereocenters. The first-order chi connectivity index (χ1) is 18.5. The largest absolute Gasteiger partial charge is 0.490 e. The van der Waals surface area contributed by atoms with Crippen molar-refractivity contribution in [3.63, 3.8) is 0 Å². The van der Waals surface area contributed by atoms with Gasteiger partial charge in [-0.05, 0) is 49.9 Å². The Morgan fingerprint density at radius 3 is 2.58 bits per heavy atom. The average Bonchev–Trinajstić information content (AvgIpc) is 2.93. The number of fused-ring (bicyclic) bond motifs is 1. The molecule has 3 aromatic carbocycles. The molecule has 0 N–H and O–H groups in total. The summed E-state index contributed by atoms with van der Waals surface area (Å²) in [5.41, 5.74) is 2.51. The highest BCUT2D eigenvalue weighted by atomic mass is 35.5. The zero-order chi connectivity index (χ0) is 26.7. The molecule has 0 aromatic heterocycles. The lowest BCUT2D eigenvalue weighted by molar-refractivity contribution is -0.130. The van der Waals surface area contributed by atoms with E-state index in [9.17, 15) is 9.18 Å². The zero-order valence-electron chi connectivity index (χ0n) is 22.0. The van der Waals surface area contributed by atoms with E-state index in [1.165, 1.54) is 11.6 Å². The molecule has 5 nitrogen and oxygen atoms in total. The molecule has 0 radical (unpaired) electrons. The summed E-state index contributed by atoms with van der Waals surface area (Å²) in [6.45, 7) is 6.29. The Bertz CT molecular complexity index is 1170. The van der Waals surface area contributed by atoms with E-state index < -0.39 is 5.82 Å². The number of benzene rings is 3. The lowest BCUT2D eigenvalue weighted by atomic mass is 10.1. The van der Waals surface area contributed by atoms with Crippen molar-refractivity contribution in [3.8, 4) is 11.5 Å². The maximum absolute atomic E-state index is 14.4. The molecule has 4 rings (SSSR count). The van der Waals surface area contributed by atoms with E-state index in [1.54, 1.807) is 12.1 Å². The van der Waals surface area contributed by atoms with Crippen LogP contribution in [0.5, 0.6) is 11.5 Å². The van der Waals surface area contributed by atoms with Gasteiger partial charge in [-0.1, -0.05) is 60.1 Å². The van der Waals surface area contributed by atoms with Crippen molar-refractivity contribution < 1.29 is 18.7 Å². The highest BCUT2D eigenvalue weighted by Gasteiger charge is 2.21. The van der Waals surface area contributed by atoms with Crippen LogP contribution in [-0.4, -0.2) is 48.6 Å². The third-order valence-corrected chi connectivity index (χ3v) is 7.10. The van der Waals surface area contributed by atoms with Gasteiger partial charge in [-0.2, -0.15) is 0 Å². The third kappa shape index (κ3) is 7.71. The Morgan fingerprint density at radius 2 is 1.79 bits per heavy atom. The second-order valence-corrected chi connectivity index (χ2v) is 9.95. The van der Waals surface area contributed by atoms with Gasteiger partial charge in [0.25, 0.3) is 0 Å². The Balaban J connectivity index is 1.58. The number of hydrogen-bond acceptors (Lipinski definition) is 4. The van der Waals surface area contributed by atoms with Gasteiger partial charge in [0.15, 0.2) is 11.5 Å². The van der Waals surface area contributed by atoms with Gasteiger partial charge in [-0.15, -0.1) is 0 Å². The molecule has 0 saturated heterocycles. The molecule has 0 atom stereocenters. The van der Waals surface area contributed by atoms with Crippen LogP contribution >= 0.6 is 11.6 Å². The first-order valence-electron chi connectivity index (χ1n) is 13.4. The predicted molar refractivity (Wildman–Crippen MR) is 149 cm³/mol. The lowest BCUT2D eigenvalue weighted by Crippen LogP contribution is -2.40. The highest BCUT2D eigenvalue weighted by molar-refractivity contribution is 6.31. The van der Waals surface area contributed by atoms with Crippen LogP contribution in [0.15, 0.2) is 66.7 Å². The Kier molecular flexibility index (Phi) is 10.4. The van der Waals surface area contributed by atoms with Gasteiger partial charge in [0.2, 0.25) is 5.91 Å². The second kappa shape index (κ2) is 14.2. The maximum Gasteiger partial charge on any atom is 0.227 e. The van der Waals surface area contributed by atoms with Crippen LogP contribution in [-0.2, 0) is 24.3 Å². The molecule has 0 spiro atoms. The quantitative estimate of drug-likeness (QED) is 0.358. The predicted octanol–water partition coefficient (Wildman–Crippen LogP) is 6.51. The number of carbonyl (C=O) groups is 1. The normalized spacial score (nSPS) is 15.4. The number of ether oxygens (including phenoxy) is 2. The summed E-state index contributed by atoms with van der Waals surface area (Å²) in [5, 5.41) is 0.286. The van der Waals surface area contributed by atoms with Gasteiger partial charge in [0, 0.05) is 48.9 Å². The number of hydrogen-bond donors (Lipinski definition) is 0. The van der Waals surface area contributed by atoms with E-state index in [0.717, 1.165) is 42.9 Å². The zero-order valence-corrected chi connectivity index (χ0v) is 22.8. The minimum atomic E-state index is -0.443. The summed E-state index contributed by atoms with van der Waals surface area (Å²) >= 11 is 6.23. The SMILES string of the molecule is CCOc1cccc2c1OCCCCCN(C(=O)Cc1c(F)cccc1Cl)CCN(Cc1ccccc1)C2. The molecule has 3 aromatic rings. The monoisotopic (exact) mass is 538 g/mol. The molecule has 38 heavy (non-hydrogen) atoms. The van der Waals surface area contributed by atoms with Gasteiger partial charge in [0.1, 0.15) is 5.82 Å². The fraction of sp³-hybridized carbons (Fsp3) is 0.387. The summed E-state index contributed by atoms with van der Waals surface area (Å²) in [6, 6.07) is 20.9. The van der Waals surface area contributed by atoms with Gasteiger partial charge in [0.05, 0.1) is 19.6 Å². The third-order valence-electron chi connectivity index (χ3n) is 6.75. The molecule has 0 saturated carbocycles. The molecule has 0 bridgehead atoms. The minimum Gasteiger partial charge on any atom is -0.490 e. The smallest absolute Gasteiger partial charge is 0.227 e. The van der Waals surface area contributed by atoms with Crippen LogP contribution < -0.4 is 9.47 Å². The Morgan fingerprint density at radius 1 is 0.974 bits per heavy atom. The van der Waals surface area contributed by atoms with Crippen molar-refractivity contribution in [1.29, 1.82) is 0 Å². The molecule has 1 aliphatic heterocycles. The molecule has 1 amide bonds. The number of para-hydroxylation sites is 1. The van der Waals surface area contributed by atoms with Gasteiger partial charge in [-0.3, -0.25) is 9.69 Å². The first-order valence-corrected chi connectivity index (χ1v) is 13.8. The number of halogens is 2. The van der Waals surface area contributed by atoms with Crippen LogP contribution in [0.1, 0.15) is 42.9 Å². The molecular weight excluding hydrogens is 503 g/mol. The van der Waals surface area contributed by atoms with Gasteiger partial charge < -0.3 is 14.4 Å². The fourth-order valence-corrected chi connectivity index (χ4v) is 4.99. The Hall–Kier alpha value is -3.09. The average molecular weight is 539 g/mol. The van der Waals surface area contributed by atoms with E-state index in [4.69, 9.17) is 21.1 Å². The summed E-state index contributed by atoms with van der Waals surface area (Å²) in [4.78, 5) is 17.6. The summed E-state index contributed by atoms with van der Waals surface area (Å²) in [6.07, 6.45) is 2.59. The van der Waals surface area contributed by atoms with E-state index in [2.05, 4.69) is 23.1 Å². The van der Waals surface area contributed by atoms with E-state index >= 15 is 0 Å². The van der Waals surface area contributed by atoms with Crippen molar-refractivity contribution in [2.45, 2.75) is 45.7 Å². The molecular formula is C31H36ClFN2O3. The number of carbonyl (C=O) groups excluding carboxylic acids is 1. The molecule has 0 aliphatic carbocycles. The van der Waals surface area contributed by atoms with Crippen molar-refractivity contribution in [1.82, 2.24) is 9.80 Å². The van der Waals surface area contributed by atoms with Crippen molar-refractivity contribution >= 4 is 17.5 Å². The summed E-state index contributed by atoms with van der Waals surface area (Å²) in [7, 11) is 0. The fourth-order valence-electron chi connectivity index (χ4n) is 4.76. The standard InChI is InChI=1S/C31H36ClFN2O3/c1-2-37-29-16-9-13-25-23-34(22-24-11-5-3-6-12-24)18-19-35(17-7-4-8-20-38-31(25)29)30(36)21-26-27(32)14-10-15-28(26)33/h3,5-6,9-16H,2,4,7-8,17-23H2,1H3. The molecule has 1 aliphatic rings. The van der Waals surface area contributed by atoms with Gasteiger partial charge >= 0.3 is 0 Å². The number of rotatable bonds is 6. The molecule has 202 valence electrons. The van der Waals surface area contributed by atoms with E-state index in [-0.39, 0.29) is 22.9 Å². The molecule has 1 heterocycles. The van der Waals surface area contributed by atoms with Crippen molar-refractivity contribution in [3.05, 3.63) is 94.3 Å². The van der Waals surface area contributed by atoms with Gasteiger partial charge in [-0.25, -0.2) is 4.39 Å². The Labute approximate surface area is 230 Å². The second-order valence-electron chi connectivity index (χ2n) is 9.54. The molecule has 0 fully saturated rings. The van der Waals surface area contributed by atoms with Crippen LogP contribution in [0.2, 0.25) is 5.02 Å². The maximum atomic E-state index is 14.4. The first kappa shape index (κ1) is 27.9. The molecule has 7 heteroatoms. The minimum absolute atomic E-state index is 0.0478. The topological polar surface area (TPSA) is 42.0 Å². The van der Waals surface area contributed by atoms with Crippen LogP contribution in [0, 0.1) is 5.82 Å². The van der Waals surface area contributed by atoms with E-state index in [1.807, 2.05) is 42.2 Å². The van der Waals surface area contributed by atoms with Crippen LogP contribution in [0.4, 0.5) is 4.39 Å².